The first-order chi connectivity index (χ1) is 9.86. The minimum Gasteiger partial charge on any atom is -0.372 e. The Morgan fingerprint density at radius 2 is 2.10 bits per heavy atom. The summed E-state index contributed by atoms with van der Waals surface area (Å²) in [5.74, 6) is 1.69. The molecule has 1 saturated heterocycles. The van der Waals surface area contributed by atoms with Crippen LogP contribution in [0.4, 0.5) is 5.82 Å². The van der Waals surface area contributed by atoms with Crippen LogP contribution in [0.5, 0.6) is 0 Å². The van der Waals surface area contributed by atoms with Crippen molar-refractivity contribution >= 4 is 28.4 Å². The summed E-state index contributed by atoms with van der Waals surface area (Å²) in [7, 11) is 1.90. The van der Waals surface area contributed by atoms with E-state index in [0.29, 0.717) is 0 Å². The Balaban J connectivity index is 2.39. The summed E-state index contributed by atoms with van der Waals surface area (Å²) in [6.45, 7) is 12.4. The van der Waals surface area contributed by atoms with Crippen LogP contribution in [0.25, 0.3) is 0 Å². The fourth-order valence-corrected chi connectivity index (χ4v) is 3.74. The van der Waals surface area contributed by atoms with E-state index in [2.05, 4.69) is 65.5 Å². The van der Waals surface area contributed by atoms with Gasteiger partial charge in [-0.25, -0.2) is 9.97 Å². The molecule has 6 heteroatoms. The van der Waals surface area contributed by atoms with Crippen molar-refractivity contribution in [3.8, 4) is 0 Å². The van der Waals surface area contributed by atoms with Gasteiger partial charge in [-0.15, -0.1) is 0 Å². The van der Waals surface area contributed by atoms with Gasteiger partial charge in [0.25, 0.3) is 0 Å². The number of ether oxygens (including phenoxy) is 1. The smallest absolute Gasteiger partial charge is 0.161 e. The highest BCUT2D eigenvalue weighted by molar-refractivity contribution is 14.1. The zero-order valence-corrected chi connectivity index (χ0v) is 15.7. The normalized spacial score (nSPS) is 20.6. The molecule has 118 valence electrons. The summed E-state index contributed by atoms with van der Waals surface area (Å²) in [6.07, 6.45) is -0.0381. The van der Waals surface area contributed by atoms with Crippen LogP contribution in [0.1, 0.15) is 45.3 Å². The van der Waals surface area contributed by atoms with Gasteiger partial charge in [0.2, 0.25) is 0 Å². The fraction of sp³-hybridized carbons (Fsp3) is 0.733. The van der Waals surface area contributed by atoms with Crippen LogP contribution in [0.15, 0.2) is 0 Å². The van der Waals surface area contributed by atoms with Gasteiger partial charge in [0.05, 0.1) is 15.9 Å². The van der Waals surface area contributed by atoms with Gasteiger partial charge in [0.1, 0.15) is 11.9 Å². The van der Waals surface area contributed by atoms with Crippen molar-refractivity contribution in [3.63, 3.8) is 0 Å². The Hall–Kier alpha value is -0.470. The van der Waals surface area contributed by atoms with Crippen LogP contribution in [-0.2, 0) is 10.2 Å². The first-order valence-corrected chi connectivity index (χ1v) is 8.54. The number of nitrogens with zero attached hydrogens (tertiary/aromatic N) is 3. The Bertz CT molecular complexity index is 501. The van der Waals surface area contributed by atoms with Crippen molar-refractivity contribution in [1.29, 1.82) is 0 Å². The van der Waals surface area contributed by atoms with Crippen LogP contribution in [0.3, 0.4) is 0 Å². The molecule has 1 unspecified atom stereocenters. The molecule has 0 amide bonds. The third-order valence-corrected chi connectivity index (χ3v) is 4.72. The Morgan fingerprint density at radius 1 is 1.38 bits per heavy atom. The van der Waals surface area contributed by atoms with E-state index in [4.69, 9.17) is 9.72 Å². The lowest BCUT2D eigenvalue weighted by molar-refractivity contribution is -0.0326. The maximum atomic E-state index is 5.91. The molecule has 2 rings (SSSR count). The third kappa shape index (κ3) is 3.84. The quantitative estimate of drug-likeness (QED) is 0.786. The Morgan fingerprint density at radius 3 is 2.67 bits per heavy atom. The molecule has 0 aliphatic carbocycles. The lowest BCUT2D eigenvalue weighted by Gasteiger charge is -2.32. The van der Waals surface area contributed by atoms with Gasteiger partial charge in [0.15, 0.2) is 5.82 Å². The molecule has 0 bridgehead atoms. The van der Waals surface area contributed by atoms with Crippen molar-refractivity contribution in [2.75, 3.05) is 38.6 Å². The molecule has 1 aromatic heterocycles. The number of hydrogen-bond acceptors (Lipinski definition) is 5. The first kappa shape index (κ1) is 16.9. The summed E-state index contributed by atoms with van der Waals surface area (Å²) in [6, 6.07) is 0. The van der Waals surface area contributed by atoms with E-state index in [-0.39, 0.29) is 11.5 Å². The molecule has 1 aliphatic rings. The highest BCUT2D eigenvalue weighted by atomic mass is 127. The monoisotopic (exact) mass is 404 g/mol. The number of nitrogens with one attached hydrogen (secondary N) is 1. The summed E-state index contributed by atoms with van der Waals surface area (Å²) >= 11 is 2.33. The number of aromatic nitrogens is 2. The van der Waals surface area contributed by atoms with Crippen molar-refractivity contribution in [2.24, 2.45) is 0 Å². The fourth-order valence-electron chi connectivity index (χ4n) is 2.42. The van der Waals surface area contributed by atoms with Crippen LogP contribution >= 0.6 is 22.6 Å². The maximum absolute atomic E-state index is 5.91. The number of anilines is 1. The lowest BCUT2D eigenvalue weighted by Crippen LogP contribution is -2.39. The summed E-state index contributed by atoms with van der Waals surface area (Å²) in [5.41, 5.74) is 1.06. The zero-order chi connectivity index (χ0) is 15.6. The molecule has 21 heavy (non-hydrogen) atoms. The second kappa shape index (κ2) is 6.75. The maximum Gasteiger partial charge on any atom is 0.161 e. The lowest BCUT2D eigenvalue weighted by atomic mass is 9.91. The van der Waals surface area contributed by atoms with Gasteiger partial charge in [-0.3, -0.25) is 4.90 Å². The average molecular weight is 404 g/mol. The summed E-state index contributed by atoms with van der Waals surface area (Å²) in [4.78, 5) is 11.9. The Labute approximate surface area is 141 Å². The summed E-state index contributed by atoms with van der Waals surface area (Å²) in [5, 5.41) is 3.18. The van der Waals surface area contributed by atoms with Crippen LogP contribution in [0.2, 0.25) is 0 Å². The summed E-state index contributed by atoms with van der Waals surface area (Å²) < 4.78 is 7.00. The van der Waals surface area contributed by atoms with E-state index in [9.17, 15) is 0 Å². The van der Waals surface area contributed by atoms with Crippen LogP contribution < -0.4 is 5.32 Å². The van der Waals surface area contributed by atoms with Gasteiger partial charge in [-0.2, -0.15) is 0 Å². The molecule has 2 heterocycles. The number of hydrogen-bond donors (Lipinski definition) is 1. The highest BCUT2D eigenvalue weighted by Gasteiger charge is 2.28. The number of morpholine rings is 1. The van der Waals surface area contributed by atoms with Crippen molar-refractivity contribution < 1.29 is 4.74 Å². The molecule has 5 nitrogen and oxygen atoms in total. The third-order valence-electron chi connectivity index (χ3n) is 3.70. The van der Waals surface area contributed by atoms with Gasteiger partial charge in [0, 0.05) is 25.6 Å². The molecule has 0 saturated carbocycles. The minimum atomic E-state index is -0.0381. The topological polar surface area (TPSA) is 50.3 Å². The van der Waals surface area contributed by atoms with E-state index in [1.165, 1.54) is 0 Å². The van der Waals surface area contributed by atoms with E-state index in [0.717, 1.165) is 47.1 Å². The van der Waals surface area contributed by atoms with Gasteiger partial charge < -0.3 is 10.1 Å². The van der Waals surface area contributed by atoms with Gasteiger partial charge in [-0.05, 0) is 29.1 Å². The molecule has 1 N–H and O–H groups in total. The molecular weight excluding hydrogens is 379 g/mol. The number of likely N-dealkylation sites (N-methyl/N-ethyl adjacent to an activating group) is 1. The predicted molar refractivity (Wildman–Crippen MR) is 93.8 cm³/mol. The molecule has 0 aromatic carbocycles. The molecule has 1 aliphatic heterocycles. The molecule has 1 fully saturated rings. The number of rotatable bonds is 3. The standard InChI is InChI=1S/C15H25IN4O/c1-6-20-7-8-21-10(9-20)13-18-12(15(2,3)4)11(16)14(17-5)19-13/h10H,6-9H2,1-5H3,(H,17,18,19). The van der Waals surface area contributed by atoms with E-state index in [1.54, 1.807) is 0 Å². The second-order valence-electron chi connectivity index (χ2n) is 6.35. The van der Waals surface area contributed by atoms with Crippen LogP contribution in [0, 0.1) is 3.57 Å². The average Bonchev–Trinajstić information content (AvgIpc) is 2.46. The molecule has 1 aromatic rings. The van der Waals surface area contributed by atoms with E-state index >= 15 is 0 Å². The molecular formula is C15H25IN4O. The van der Waals surface area contributed by atoms with Gasteiger partial charge in [-0.1, -0.05) is 27.7 Å². The molecule has 1 atom stereocenters. The highest BCUT2D eigenvalue weighted by Crippen LogP contribution is 2.31. The van der Waals surface area contributed by atoms with Crippen molar-refractivity contribution in [3.05, 3.63) is 15.1 Å². The zero-order valence-electron chi connectivity index (χ0n) is 13.5. The number of halogens is 1. The second-order valence-corrected chi connectivity index (χ2v) is 7.42. The van der Waals surface area contributed by atoms with Crippen molar-refractivity contribution in [2.45, 2.75) is 39.2 Å². The van der Waals surface area contributed by atoms with E-state index in [1.807, 2.05) is 7.05 Å². The SMILES string of the molecule is CCN1CCOC(c2nc(NC)c(I)c(C(C)(C)C)n2)C1. The molecule has 0 radical (unpaired) electrons. The minimum absolute atomic E-state index is 0.0150. The largest absolute Gasteiger partial charge is 0.372 e. The Kier molecular flexibility index (Phi) is 5.43. The predicted octanol–water partition coefficient (Wildman–Crippen LogP) is 2.81. The molecule has 0 spiro atoms. The van der Waals surface area contributed by atoms with E-state index < -0.39 is 0 Å². The van der Waals surface area contributed by atoms with Crippen molar-refractivity contribution in [1.82, 2.24) is 14.9 Å². The van der Waals surface area contributed by atoms with Gasteiger partial charge >= 0.3 is 0 Å². The van der Waals surface area contributed by atoms with Crippen LogP contribution in [-0.4, -0.2) is 48.2 Å². The first-order valence-electron chi connectivity index (χ1n) is 7.46.